The van der Waals surface area contributed by atoms with Crippen molar-refractivity contribution >= 4 is 45.5 Å². The van der Waals surface area contributed by atoms with E-state index in [1.165, 1.54) is 23.1 Å². The summed E-state index contributed by atoms with van der Waals surface area (Å²) in [5, 5.41) is 15.3. The van der Waals surface area contributed by atoms with Gasteiger partial charge in [0.15, 0.2) is 4.34 Å². The van der Waals surface area contributed by atoms with Crippen molar-refractivity contribution in [2.75, 3.05) is 16.4 Å². The van der Waals surface area contributed by atoms with Crippen molar-refractivity contribution in [3.63, 3.8) is 0 Å². The summed E-state index contributed by atoms with van der Waals surface area (Å²) in [5.74, 6) is 0.606. The lowest BCUT2D eigenvalue weighted by atomic mass is 10.0. The number of carbonyl (C=O) groups excluding carboxylic acids is 1. The zero-order valence-electron chi connectivity index (χ0n) is 15.5. The van der Waals surface area contributed by atoms with Crippen molar-refractivity contribution in [2.24, 2.45) is 0 Å². The van der Waals surface area contributed by atoms with Gasteiger partial charge >= 0.3 is 0 Å². The molecule has 2 N–H and O–H groups in total. The molecule has 0 spiro atoms. The van der Waals surface area contributed by atoms with Crippen molar-refractivity contribution in [3.05, 3.63) is 59.7 Å². The zero-order valence-corrected chi connectivity index (χ0v) is 17.2. The first-order valence-electron chi connectivity index (χ1n) is 8.70. The van der Waals surface area contributed by atoms with Crippen LogP contribution in [0.1, 0.15) is 30.9 Å². The number of aryl methyl sites for hydroxylation is 1. The Morgan fingerprint density at radius 1 is 1.07 bits per heavy atom. The molecule has 1 aromatic heterocycles. The van der Waals surface area contributed by atoms with E-state index in [0.29, 0.717) is 11.7 Å². The Morgan fingerprint density at radius 2 is 1.78 bits per heavy atom. The highest BCUT2D eigenvalue weighted by molar-refractivity contribution is 8.01. The van der Waals surface area contributed by atoms with E-state index in [9.17, 15) is 4.79 Å². The third kappa shape index (κ3) is 5.30. The summed E-state index contributed by atoms with van der Waals surface area (Å²) >= 11 is 2.83. The van der Waals surface area contributed by atoms with Gasteiger partial charge in [0.25, 0.3) is 0 Å². The fourth-order valence-electron chi connectivity index (χ4n) is 2.57. The molecule has 7 heteroatoms. The Labute approximate surface area is 167 Å². The Hall–Kier alpha value is -2.38. The highest BCUT2D eigenvalue weighted by atomic mass is 32.2. The van der Waals surface area contributed by atoms with Crippen LogP contribution < -0.4 is 10.6 Å². The molecular weight excluding hydrogens is 376 g/mol. The number of thioether (sulfide) groups is 1. The van der Waals surface area contributed by atoms with Crippen LogP contribution in [0.2, 0.25) is 0 Å². The summed E-state index contributed by atoms with van der Waals surface area (Å²) in [6.07, 6.45) is 0. The number of amides is 1. The topological polar surface area (TPSA) is 66.9 Å². The minimum atomic E-state index is -0.0447. The van der Waals surface area contributed by atoms with Crippen LogP contribution in [0, 0.1) is 6.92 Å². The lowest BCUT2D eigenvalue weighted by molar-refractivity contribution is -0.113. The Balaban J connectivity index is 1.56. The number of nitrogens with zero attached hydrogens (tertiary/aromatic N) is 2. The normalized spacial score (nSPS) is 10.8. The first-order chi connectivity index (χ1) is 13.0. The molecule has 1 heterocycles. The van der Waals surface area contributed by atoms with E-state index in [0.717, 1.165) is 32.0 Å². The van der Waals surface area contributed by atoms with Gasteiger partial charge in [0.05, 0.1) is 5.75 Å². The highest BCUT2D eigenvalue weighted by Crippen LogP contribution is 2.29. The van der Waals surface area contributed by atoms with Crippen molar-refractivity contribution in [1.82, 2.24) is 10.2 Å². The standard InChI is InChI=1S/C20H22N4OS2/c1-13(2)15-9-5-7-11-17(15)21-18(25)12-26-20-24-23-19(27-20)22-16-10-6-4-8-14(16)3/h4-11,13H,12H2,1-3H3,(H,21,25)(H,22,23). The number of nitrogens with one attached hydrogen (secondary N) is 2. The van der Waals surface area contributed by atoms with Gasteiger partial charge in [0.1, 0.15) is 0 Å². The van der Waals surface area contributed by atoms with Crippen LogP contribution in [-0.4, -0.2) is 21.9 Å². The van der Waals surface area contributed by atoms with Gasteiger partial charge in [-0.05, 0) is 36.1 Å². The number of benzene rings is 2. The smallest absolute Gasteiger partial charge is 0.234 e. The largest absolute Gasteiger partial charge is 0.330 e. The van der Waals surface area contributed by atoms with Crippen LogP contribution in [0.5, 0.6) is 0 Å². The molecule has 140 valence electrons. The summed E-state index contributed by atoms with van der Waals surface area (Å²) in [6.45, 7) is 6.27. The summed E-state index contributed by atoms with van der Waals surface area (Å²) in [7, 11) is 0. The average molecular weight is 399 g/mol. The maximum Gasteiger partial charge on any atom is 0.234 e. The minimum Gasteiger partial charge on any atom is -0.330 e. The molecule has 0 aliphatic rings. The van der Waals surface area contributed by atoms with Gasteiger partial charge in [-0.25, -0.2) is 0 Å². The molecule has 0 fully saturated rings. The van der Waals surface area contributed by atoms with Gasteiger partial charge in [-0.15, -0.1) is 10.2 Å². The number of hydrogen-bond donors (Lipinski definition) is 2. The molecule has 2 aromatic carbocycles. The van der Waals surface area contributed by atoms with E-state index in [1.54, 1.807) is 0 Å². The Kier molecular flexibility index (Phi) is 6.47. The van der Waals surface area contributed by atoms with Crippen molar-refractivity contribution < 1.29 is 4.79 Å². The lowest BCUT2D eigenvalue weighted by Gasteiger charge is -2.13. The molecule has 0 saturated carbocycles. The van der Waals surface area contributed by atoms with Gasteiger partial charge in [0, 0.05) is 11.4 Å². The molecule has 0 aliphatic heterocycles. The van der Waals surface area contributed by atoms with E-state index in [1.807, 2.05) is 55.5 Å². The Morgan fingerprint density at radius 3 is 2.52 bits per heavy atom. The number of anilines is 3. The molecule has 1 amide bonds. The zero-order chi connectivity index (χ0) is 19.2. The van der Waals surface area contributed by atoms with Crippen LogP contribution in [-0.2, 0) is 4.79 Å². The van der Waals surface area contributed by atoms with Gasteiger partial charge in [-0.3, -0.25) is 4.79 Å². The number of carbonyl (C=O) groups is 1. The second kappa shape index (κ2) is 9.01. The predicted molar refractivity (Wildman–Crippen MR) is 114 cm³/mol. The van der Waals surface area contributed by atoms with Crippen LogP contribution in [0.15, 0.2) is 52.9 Å². The second-order valence-electron chi connectivity index (χ2n) is 6.39. The lowest BCUT2D eigenvalue weighted by Crippen LogP contribution is -2.15. The second-order valence-corrected chi connectivity index (χ2v) is 8.59. The van der Waals surface area contributed by atoms with Gasteiger partial charge in [-0.2, -0.15) is 0 Å². The van der Waals surface area contributed by atoms with Gasteiger partial charge in [0.2, 0.25) is 11.0 Å². The fourth-order valence-corrected chi connectivity index (χ4v) is 4.14. The van der Waals surface area contributed by atoms with Crippen LogP contribution in [0.25, 0.3) is 0 Å². The van der Waals surface area contributed by atoms with E-state index in [-0.39, 0.29) is 5.91 Å². The molecule has 0 radical (unpaired) electrons. The van der Waals surface area contributed by atoms with Crippen molar-refractivity contribution in [3.8, 4) is 0 Å². The molecular formula is C20H22N4OS2. The predicted octanol–water partition coefficient (Wildman–Crippen LogP) is 5.44. The highest BCUT2D eigenvalue weighted by Gasteiger charge is 2.12. The molecule has 0 atom stereocenters. The monoisotopic (exact) mass is 398 g/mol. The van der Waals surface area contributed by atoms with E-state index >= 15 is 0 Å². The Bertz CT molecular complexity index is 924. The summed E-state index contributed by atoms with van der Waals surface area (Å²) < 4.78 is 0.762. The average Bonchev–Trinajstić information content (AvgIpc) is 3.10. The molecule has 27 heavy (non-hydrogen) atoms. The molecule has 0 bridgehead atoms. The minimum absolute atomic E-state index is 0.0447. The van der Waals surface area contributed by atoms with Crippen LogP contribution >= 0.6 is 23.1 Å². The third-order valence-corrected chi connectivity index (χ3v) is 5.95. The molecule has 0 saturated heterocycles. The third-order valence-electron chi connectivity index (χ3n) is 3.98. The van der Waals surface area contributed by atoms with Crippen molar-refractivity contribution in [1.29, 1.82) is 0 Å². The molecule has 0 unspecified atom stereocenters. The number of aromatic nitrogens is 2. The maximum atomic E-state index is 12.3. The summed E-state index contributed by atoms with van der Waals surface area (Å²) in [4.78, 5) is 12.3. The van der Waals surface area contributed by atoms with Crippen LogP contribution in [0.3, 0.4) is 0 Å². The SMILES string of the molecule is Cc1ccccc1Nc1nnc(SCC(=O)Nc2ccccc2C(C)C)s1. The van der Waals surface area contributed by atoms with Gasteiger partial charge in [-0.1, -0.05) is 73.3 Å². The molecule has 0 aliphatic carbocycles. The summed E-state index contributed by atoms with van der Waals surface area (Å²) in [6, 6.07) is 15.9. The van der Waals surface area contributed by atoms with Gasteiger partial charge < -0.3 is 10.6 Å². The fraction of sp³-hybridized carbons (Fsp3) is 0.250. The molecule has 3 aromatic rings. The van der Waals surface area contributed by atoms with E-state index in [4.69, 9.17) is 0 Å². The van der Waals surface area contributed by atoms with Crippen LogP contribution in [0.4, 0.5) is 16.5 Å². The van der Waals surface area contributed by atoms with E-state index in [2.05, 4.69) is 34.7 Å². The first kappa shape index (κ1) is 19.4. The van der Waals surface area contributed by atoms with Crippen molar-refractivity contribution in [2.45, 2.75) is 31.0 Å². The maximum absolute atomic E-state index is 12.3. The molecule has 5 nitrogen and oxygen atoms in total. The molecule has 3 rings (SSSR count). The van der Waals surface area contributed by atoms with E-state index < -0.39 is 0 Å². The first-order valence-corrected chi connectivity index (χ1v) is 10.5. The number of para-hydroxylation sites is 2. The summed E-state index contributed by atoms with van der Waals surface area (Å²) in [5.41, 5.74) is 4.16. The number of hydrogen-bond acceptors (Lipinski definition) is 6. The quantitative estimate of drug-likeness (QED) is 0.518. The number of rotatable bonds is 7.